The fourth-order valence-corrected chi connectivity index (χ4v) is 0.539. The van der Waals surface area contributed by atoms with Crippen molar-refractivity contribution in [3.63, 3.8) is 0 Å². The zero-order valence-corrected chi connectivity index (χ0v) is 9.55. The average molecular weight is 184 g/mol. The molecule has 0 aliphatic carbocycles. The highest BCUT2D eigenvalue weighted by molar-refractivity contribution is 4.88. The Morgan fingerprint density at radius 3 is 1.38 bits per heavy atom. The number of ether oxygens (including phenoxy) is 1. The van der Waals surface area contributed by atoms with Crippen LogP contribution >= 0.6 is 0 Å². The molecule has 1 heteroatoms. The average Bonchev–Trinajstić information content (AvgIpc) is 2.03. The van der Waals surface area contributed by atoms with Gasteiger partial charge >= 0.3 is 0 Å². The molecular formula is C12H24O. The number of allylic oxidation sites excluding steroid dienone is 2. The lowest BCUT2D eigenvalue weighted by Gasteiger charge is -2.07. The van der Waals surface area contributed by atoms with Crippen molar-refractivity contribution in [3.05, 3.63) is 25.3 Å². The highest BCUT2D eigenvalue weighted by atomic mass is 16.5. The van der Waals surface area contributed by atoms with Crippen LogP contribution in [0.4, 0.5) is 0 Å². The smallest absolute Gasteiger partial charge is 0.0489 e. The van der Waals surface area contributed by atoms with E-state index in [1.807, 2.05) is 0 Å². The van der Waals surface area contributed by atoms with E-state index in [2.05, 4.69) is 40.9 Å². The molecule has 0 aromatic heterocycles. The fraction of sp³-hybridized carbons (Fsp3) is 0.667. The third kappa shape index (κ3) is 24.6. The first kappa shape index (κ1) is 14.9. The summed E-state index contributed by atoms with van der Waals surface area (Å²) in [5.41, 5.74) is 0. The second-order valence-electron chi connectivity index (χ2n) is 3.80. The molecule has 0 aliphatic heterocycles. The summed E-state index contributed by atoms with van der Waals surface area (Å²) in [5.74, 6) is 1.34. The zero-order valence-electron chi connectivity index (χ0n) is 9.55. The predicted octanol–water partition coefficient (Wildman–Crippen LogP) is 3.67. The Bertz CT molecular complexity index is 100. The Balaban J connectivity index is 0. The number of rotatable bonds is 5. The Morgan fingerprint density at radius 2 is 1.23 bits per heavy atom. The standard InChI is InChI=1S/C8H18O.C4H6/c1-7(2)5-9-6-8(3)4;1-3-4-2/h7-8H,5-6H2,1-4H3;3-4H,1-2H2. The minimum absolute atomic E-state index is 0.670. The molecule has 0 aromatic carbocycles. The van der Waals surface area contributed by atoms with Crippen LogP contribution in [-0.2, 0) is 4.74 Å². The molecule has 0 atom stereocenters. The molecule has 0 amide bonds. The molecule has 0 rings (SSSR count). The molecule has 0 aromatic rings. The second kappa shape index (κ2) is 11.4. The Hall–Kier alpha value is -0.560. The molecule has 0 bridgehead atoms. The van der Waals surface area contributed by atoms with Gasteiger partial charge in [0.15, 0.2) is 0 Å². The van der Waals surface area contributed by atoms with E-state index in [-0.39, 0.29) is 0 Å². The molecule has 0 N–H and O–H groups in total. The summed E-state index contributed by atoms with van der Waals surface area (Å²) in [6, 6.07) is 0. The fourth-order valence-electron chi connectivity index (χ4n) is 0.539. The Labute approximate surface area is 83.5 Å². The van der Waals surface area contributed by atoms with Gasteiger partial charge in [-0.25, -0.2) is 0 Å². The van der Waals surface area contributed by atoms with Gasteiger partial charge in [-0.2, -0.15) is 0 Å². The molecule has 78 valence electrons. The molecule has 13 heavy (non-hydrogen) atoms. The quantitative estimate of drug-likeness (QED) is 0.592. The number of hydrogen-bond acceptors (Lipinski definition) is 1. The van der Waals surface area contributed by atoms with Gasteiger partial charge < -0.3 is 4.74 Å². The van der Waals surface area contributed by atoms with Gasteiger partial charge in [-0.1, -0.05) is 53.0 Å². The minimum Gasteiger partial charge on any atom is -0.381 e. The van der Waals surface area contributed by atoms with E-state index in [1.165, 1.54) is 0 Å². The van der Waals surface area contributed by atoms with Gasteiger partial charge in [-0.15, -0.1) is 0 Å². The highest BCUT2D eigenvalue weighted by Gasteiger charge is 1.95. The maximum Gasteiger partial charge on any atom is 0.0489 e. The van der Waals surface area contributed by atoms with Crippen LogP contribution < -0.4 is 0 Å². The van der Waals surface area contributed by atoms with Crippen molar-refractivity contribution in [2.24, 2.45) is 11.8 Å². The summed E-state index contributed by atoms with van der Waals surface area (Å²) < 4.78 is 5.36. The lowest BCUT2D eigenvalue weighted by atomic mass is 10.2. The van der Waals surface area contributed by atoms with Gasteiger partial charge in [0.1, 0.15) is 0 Å². The maximum absolute atomic E-state index is 5.36. The lowest BCUT2D eigenvalue weighted by Crippen LogP contribution is -2.06. The van der Waals surface area contributed by atoms with Crippen molar-refractivity contribution in [2.75, 3.05) is 13.2 Å². The first-order valence-corrected chi connectivity index (χ1v) is 4.85. The van der Waals surface area contributed by atoms with E-state index in [0.717, 1.165) is 13.2 Å². The highest BCUT2D eigenvalue weighted by Crippen LogP contribution is 1.96. The summed E-state index contributed by atoms with van der Waals surface area (Å²) in [5, 5.41) is 0. The van der Waals surface area contributed by atoms with Crippen molar-refractivity contribution in [1.82, 2.24) is 0 Å². The van der Waals surface area contributed by atoms with Gasteiger partial charge in [0.25, 0.3) is 0 Å². The third-order valence-corrected chi connectivity index (χ3v) is 1.07. The Morgan fingerprint density at radius 1 is 0.923 bits per heavy atom. The maximum atomic E-state index is 5.36. The van der Waals surface area contributed by atoms with Crippen LogP contribution in [0.15, 0.2) is 25.3 Å². The van der Waals surface area contributed by atoms with Crippen molar-refractivity contribution in [2.45, 2.75) is 27.7 Å². The monoisotopic (exact) mass is 184 g/mol. The number of hydrogen-bond donors (Lipinski definition) is 0. The van der Waals surface area contributed by atoms with Crippen molar-refractivity contribution < 1.29 is 4.74 Å². The molecular weight excluding hydrogens is 160 g/mol. The van der Waals surface area contributed by atoms with Crippen LogP contribution in [0.1, 0.15) is 27.7 Å². The molecule has 0 saturated heterocycles. The van der Waals surface area contributed by atoms with Crippen LogP contribution in [0, 0.1) is 11.8 Å². The molecule has 0 unspecified atom stereocenters. The van der Waals surface area contributed by atoms with E-state index in [1.54, 1.807) is 12.2 Å². The van der Waals surface area contributed by atoms with Gasteiger partial charge in [0.05, 0.1) is 0 Å². The van der Waals surface area contributed by atoms with Crippen LogP contribution in [0.25, 0.3) is 0 Å². The molecule has 1 nitrogen and oxygen atoms in total. The van der Waals surface area contributed by atoms with Gasteiger partial charge in [-0.3, -0.25) is 0 Å². The summed E-state index contributed by atoms with van der Waals surface area (Å²) in [4.78, 5) is 0. The SMILES string of the molecule is C=CC=C.CC(C)COCC(C)C. The largest absolute Gasteiger partial charge is 0.381 e. The normalized spacial score (nSPS) is 9.38. The van der Waals surface area contributed by atoms with Crippen molar-refractivity contribution in [3.8, 4) is 0 Å². The minimum atomic E-state index is 0.670. The van der Waals surface area contributed by atoms with Crippen LogP contribution in [0.3, 0.4) is 0 Å². The predicted molar refractivity (Wildman–Crippen MR) is 60.9 cm³/mol. The van der Waals surface area contributed by atoms with Gasteiger partial charge in [0, 0.05) is 13.2 Å². The van der Waals surface area contributed by atoms with E-state index in [9.17, 15) is 0 Å². The van der Waals surface area contributed by atoms with Crippen molar-refractivity contribution in [1.29, 1.82) is 0 Å². The Kier molecular flexibility index (Phi) is 13.1. The first-order valence-electron chi connectivity index (χ1n) is 4.85. The first-order chi connectivity index (χ1) is 6.04. The van der Waals surface area contributed by atoms with Gasteiger partial charge in [-0.05, 0) is 11.8 Å². The second-order valence-corrected chi connectivity index (χ2v) is 3.80. The molecule has 0 fully saturated rings. The molecule has 0 spiro atoms. The van der Waals surface area contributed by atoms with E-state index >= 15 is 0 Å². The van der Waals surface area contributed by atoms with Crippen LogP contribution in [0.5, 0.6) is 0 Å². The molecule has 0 saturated carbocycles. The summed E-state index contributed by atoms with van der Waals surface area (Å²) in [6.45, 7) is 17.2. The summed E-state index contributed by atoms with van der Waals surface area (Å²) >= 11 is 0. The topological polar surface area (TPSA) is 9.23 Å². The third-order valence-electron chi connectivity index (χ3n) is 1.07. The van der Waals surface area contributed by atoms with E-state index in [0.29, 0.717) is 11.8 Å². The van der Waals surface area contributed by atoms with Crippen LogP contribution in [0.2, 0.25) is 0 Å². The molecule has 0 aliphatic rings. The lowest BCUT2D eigenvalue weighted by molar-refractivity contribution is 0.0886. The summed E-state index contributed by atoms with van der Waals surface area (Å²) in [7, 11) is 0. The summed E-state index contributed by atoms with van der Waals surface area (Å²) in [6.07, 6.45) is 3.28. The van der Waals surface area contributed by atoms with E-state index in [4.69, 9.17) is 4.74 Å². The zero-order chi connectivity index (χ0) is 10.7. The van der Waals surface area contributed by atoms with E-state index < -0.39 is 0 Å². The molecule has 0 radical (unpaired) electrons. The van der Waals surface area contributed by atoms with Crippen molar-refractivity contribution >= 4 is 0 Å². The molecule has 0 heterocycles. The van der Waals surface area contributed by atoms with Gasteiger partial charge in [0.2, 0.25) is 0 Å². The van der Waals surface area contributed by atoms with Crippen LogP contribution in [-0.4, -0.2) is 13.2 Å².